The smallest absolute Gasteiger partial charge is 0.134 e. The van der Waals surface area contributed by atoms with Gasteiger partial charge in [0.1, 0.15) is 5.49 Å². The van der Waals surface area contributed by atoms with Crippen molar-refractivity contribution in [3.63, 3.8) is 0 Å². The van der Waals surface area contributed by atoms with E-state index in [0.29, 0.717) is 0 Å². The molecular weight excluding hydrogens is 150 g/mol. The summed E-state index contributed by atoms with van der Waals surface area (Å²) in [6.45, 7) is 3.55. The number of pyridine rings is 1. The largest absolute Gasteiger partial charge is 0.388 e. The molecule has 0 radical (unpaired) electrons. The summed E-state index contributed by atoms with van der Waals surface area (Å²) in [7, 11) is 3.83. The van der Waals surface area contributed by atoms with Crippen molar-refractivity contribution in [3.8, 4) is 0 Å². The van der Waals surface area contributed by atoms with Gasteiger partial charge in [0.15, 0.2) is 0 Å². The van der Waals surface area contributed by atoms with Crippen LogP contribution < -0.4 is 10.8 Å². The van der Waals surface area contributed by atoms with Gasteiger partial charge in [-0.1, -0.05) is 6.58 Å². The number of aryl methyl sites for hydroxylation is 1. The van der Waals surface area contributed by atoms with Gasteiger partial charge in [-0.05, 0) is 6.07 Å². The molecule has 0 unspecified atom stereocenters. The molecule has 1 N–H and O–H groups in total. The van der Waals surface area contributed by atoms with Gasteiger partial charge < -0.3 is 9.88 Å². The summed E-state index contributed by atoms with van der Waals surface area (Å²) in [6.07, 6.45) is 3.49. The number of hydrogen-bond donors (Lipinski definition) is 1. The highest BCUT2D eigenvalue weighted by Crippen LogP contribution is 1.98. The Morgan fingerprint density at radius 1 is 1.67 bits per heavy atom. The van der Waals surface area contributed by atoms with Gasteiger partial charge in [-0.15, -0.1) is 0 Å². The lowest BCUT2D eigenvalue weighted by molar-refractivity contribution is 0.835. The van der Waals surface area contributed by atoms with Crippen LogP contribution in [0.15, 0.2) is 36.1 Å². The van der Waals surface area contributed by atoms with Crippen molar-refractivity contribution in [2.75, 3.05) is 12.4 Å². The van der Waals surface area contributed by atoms with E-state index in [2.05, 4.69) is 16.9 Å². The lowest BCUT2D eigenvalue weighted by Gasteiger charge is -2.02. The SMILES string of the molecule is C=C/N=c1/cc(NC)ccn1C. The zero-order valence-electron chi connectivity index (χ0n) is 7.41. The third kappa shape index (κ3) is 1.75. The fraction of sp³-hybridized carbons (Fsp3) is 0.222. The monoisotopic (exact) mass is 163 g/mol. The van der Waals surface area contributed by atoms with E-state index in [1.165, 1.54) is 6.20 Å². The second-order valence-electron chi connectivity index (χ2n) is 2.45. The number of hydrogen-bond acceptors (Lipinski definition) is 2. The minimum absolute atomic E-state index is 0.886. The number of anilines is 1. The van der Waals surface area contributed by atoms with Crippen LogP contribution >= 0.6 is 0 Å². The first-order valence-electron chi connectivity index (χ1n) is 3.77. The molecule has 64 valence electrons. The highest BCUT2D eigenvalue weighted by Gasteiger charge is 1.88. The third-order valence-corrected chi connectivity index (χ3v) is 1.64. The summed E-state index contributed by atoms with van der Waals surface area (Å²) in [5, 5.41) is 3.05. The van der Waals surface area contributed by atoms with E-state index in [0.717, 1.165) is 11.2 Å². The van der Waals surface area contributed by atoms with Crippen LogP contribution in [-0.2, 0) is 7.05 Å². The molecule has 12 heavy (non-hydrogen) atoms. The van der Waals surface area contributed by atoms with Crippen molar-refractivity contribution in [1.82, 2.24) is 4.57 Å². The molecule has 0 aliphatic heterocycles. The summed E-state index contributed by atoms with van der Waals surface area (Å²) in [6, 6.07) is 3.95. The molecule has 1 heterocycles. The van der Waals surface area contributed by atoms with E-state index in [4.69, 9.17) is 0 Å². The molecule has 3 heteroatoms. The fourth-order valence-electron chi connectivity index (χ4n) is 0.935. The Labute approximate surface area is 72.1 Å². The average Bonchev–Trinajstić information content (AvgIpc) is 2.09. The number of rotatable bonds is 2. The maximum absolute atomic E-state index is 4.10. The lowest BCUT2D eigenvalue weighted by Crippen LogP contribution is -2.16. The second kappa shape index (κ2) is 3.76. The highest BCUT2D eigenvalue weighted by atomic mass is 15.0. The van der Waals surface area contributed by atoms with Crippen molar-refractivity contribution in [1.29, 1.82) is 0 Å². The predicted molar refractivity (Wildman–Crippen MR) is 50.7 cm³/mol. The van der Waals surface area contributed by atoms with Crippen LogP contribution in [0.2, 0.25) is 0 Å². The maximum atomic E-state index is 4.10. The van der Waals surface area contributed by atoms with Gasteiger partial charge >= 0.3 is 0 Å². The topological polar surface area (TPSA) is 29.3 Å². The molecule has 0 bridgehead atoms. The predicted octanol–water partition coefficient (Wildman–Crippen LogP) is 1.11. The van der Waals surface area contributed by atoms with E-state index in [1.807, 2.05) is 37.0 Å². The van der Waals surface area contributed by atoms with Gasteiger partial charge in [-0.3, -0.25) is 0 Å². The summed E-state index contributed by atoms with van der Waals surface area (Å²) in [5.74, 6) is 0. The molecule has 0 fully saturated rings. The van der Waals surface area contributed by atoms with Crippen molar-refractivity contribution >= 4 is 5.69 Å². The van der Waals surface area contributed by atoms with Crippen LogP contribution in [-0.4, -0.2) is 11.6 Å². The molecule has 1 aromatic rings. The van der Waals surface area contributed by atoms with Gasteiger partial charge in [-0.25, -0.2) is 4.99 Å². The van der Waals surface area contributed by atoms with Gasteiger partial charge in [0.25, 0.3) is 0 Å². The fourth-order valence-corrected chi connectivity index (χ4v) is 0.935. The molecule has 0 amide bonds. The number of nitrogens with zero attached hydrogens (tertiary/aromatic N) is 2. The van der Waals surface area contributed by atoms with Gasteiger partial charge in [0.2, 0.25) is 0 Å². The molecule has 1 rings (SSSR count). The summed E-state index contributed by atoms with van der Waals surface area (Å²) < 4.78 is 1.93. The standard InChI is InChI=1S/C9H13N3/c1-4-11-9-7-8(10-2)5-6-12(9)3/h4-7,10H,1H2,2-3H3/b11-9-. The Bertz CT molecular complexity index is 336. The van der Waals surface area contributed by atoms with Crippen LogP contribution in [0.5, 0.6) is 0 Å². The minimum atomic E-state index is 0.886. The maximum Gasteiger partial charge on any atom is 0.134 e. The molecule has 0 aliphatic rings. The second-order valence-corrected chi connectivity index (χ2v) is 2.45. The van der Waals surface area contributed by atoms with Crippen LogP contribution in [0, 0.1) is 0 Å². The van der Waals surface area contributed by atoms with Gasteiger partial charge in [0, 0.05) is 38.2 Å². The van der Waals surface area contributed by atoms with E-state index < -0.39 is 0 Å². The molecule has 3 nitrogen and oxygen atoms in total. The lowest BCUT2D eigenvalue weighted by atomic mass is 10.4. The molecule has 0 atom stereocenters. The molecule has 0 aliphatic carbocycles. The van der Waals surface area contributed by atoms with E-state index >= 15 is 0 Å². The molecular formula is C9H13N3. The van der Waals surface area contributed by atoms with Crippen molar-refractivity contribution in [2.24, 2.45) is 12.0 Å². The molecule has 0 spiro atoms. The van der Waals surface area contributed by atoms with Crippen molar-refractivity contribution in [3.05, 3.63) is 36.6 Å². The first kappa shape index (κ1) is 8.59. The third-order valence-electron chi connectivity index (χ3n) is 1.64. The molecule has 0 saturated carbocycles. The summed E-state index contributed by atoms with van der Waals surface area (Å²) in [5.41, 5.74) is 1.94. The normalized spacial score (nSPS) is 11.3. The highest BCUT2D eigenvalue weighted by molar-refractivity contribution is 5.39. The van der Waals surface area contributed by atoms with E-state index in [1.54, 1.807) is 0 Å². The Morgan fingerprint density at radius 2 is 2.42 bits per heavy atom. The minimum Gasteiger partial charge on any atom is -0.388 e. The van der Waals surface area contributed by atoms with Crippen LogP contribution in [0.1, 0.15) is 0 Å². The van der Waals surface area contributed by atoms with Crippen molar-refractivity contribution in [2.45, 2.75) is 0 Å². The first-order chi connectivity index (χ1) is 5.77. The van der Waals surface area contributed by atoms with E-state index in [-0.39, 0.29) is 0 Å². The Kier molecular flexibility index (Phi) is 2.69. The van der Waals surface area contributed by atoms with Crippen LogP contribution in [0.3, 0.4) is 0 Å². The number of nitrogens with one attached hydrogen (secondary N) is 1. The Balaban J connectivity index is 3.26. The summed E-state index contributed by atoms with van der Waals surface area (Å²) >= 11 is 0. The molecule has 0 saturated heterocycles. The zero-order chi connectivity index (χ0) is 8.97. The van der Waals surface area contributed by atoms with E-state index in [9.17, 15) is 0 Å². The zero-order valence-corrected chi connectivity index (χ0v) is 7.41. The van der Waals surface area contributed by atoms with Gasteiger partial charge in [0.05, 0.1) is 0 Å². The Hall–Kier alpha value is -1.51. The van der Waals surface area contributed by atoms with Crippen LogP contribution in [0.4, 0.5) is 5.69 Å². The molecule has 1 aromatic heterocycles. The average molecular weight is 163 g/mol. The molecule has 0 aromatic carbocycles. The quantitative estimate of drug-likeness (QED) is 0.695. The van der Waals surface area contributed by atoms with Crippen molar-refractivity contribution < 1.29 is 0 Å². The Morgan fingerprint density at radius 3 is 3.00 bits per heavy atom. The van der Waals surface area contributed by atoms with Crippen LogP contribution in [0.25, 0.3) is 0 Å². The van der Waals surface area contributed by atoms with Gasteiger partial charge in [-0.2, -0.15) is 0 Å². The number of aromatic nitrogens is 1. The first-order valence-corrected chi connectivity index (χ1v) is 3.77. The summed E-state index contributed by atoms with van der Waals surface area (Å²) in [4.78, 5) is 4.10.